The van der Waals surface area contributed by atoms with E-state index in [-0.39, 0.29) is 0 Å². The number of aromatic nitrogens is 1. The highest BCUT2D eigenvalue weighted by molar-refractivity contribution is 7.99. The third-order valence-corrected chi connectivity index (χ3v) is 4.52. The molecule has 2 rings (SSSR count). The molecule has 0 fully saturated rings. The molecule has 1 unspecified atom stereocenters. The van der Waals surface area contributed by atoms with E-state index >= 15 is 0 Å². The van der Waals surface area contributed by atoms with Crippen LogP contribution in [-0.2, 0) is 6.42 Å². The van der Waals surface area contributed by atoms with Gasteiger partial charge in [-0.05, 0) is 24.3 Å². The largest absolute Gasteiger partial charge is 0.361 e. The first-order valence-electron chi connectivity index (χ1n) is 7.27. The highest BCUT2D eigenvalue weighted by atomic mass is 32.2. The average Bonchev–Trinajstić information content (AvgIpc) is 2.93. The number of nitrogens with one attached hydrogen (secondary N) is 3. The van der Waals surface area contributed by atoms with Gasteiger partial charge in [-0.25, -0.2) is 0 Å². The number of fused-ring (bicyclic) bond motifs is 1. The number of para-hydroxylation sites is 1. The Balaban J connectivity index is 1.83. The Kier molecular flexibility index (Phi) is 5.99. The van der Waals surface area contributed by atoms with Crippen molar-refractivity contribution in [1.29, 1.82) is 0 Å². The molecule has 1 heterocycles. The van der Waals surface area contributed by atoms with Crippen molar-refractivity contribution in [3.63, 3.8) is 0 Å². The van der Waals surface area contributed by atoms with Crippen molar-refractivity contribution in [2.24, 2.45) is 4.99 Å². The van der Waals surface area contributed by atoms with E-state index in [0.29, 0.717) is 5.25 Å². The van der Waals surface area contributed by atoms with Gasteiger partial charge in [0.05, 0.1) is 0 Å². The molecule has 2 aromatic rings. The molecule has 0 aliphatic heterocycles. The lowest BCUT2D eigenvalue weighted by Crippen LogP contribution is -2.40. The van der Waals surface area contributed by atoms with Gasteiger partial charge in [0.2, 0.25) is 0 Å². The predicted octanol–water partition coefficient (Wildman–Crippen LogP) is 2.63. The first kappa shape index (κ1) is 15.8. The molecule has 3 N–H and O–H groups in total. The van der Waals surface area contributed by atoms with Crippen LogP contribution < -0.4 is 10.6 Å². The van der Waals surface area contributed by atoms with Crippen molar-refractivity contribution < 1.29 is 0 Å². The minimum atomic E-state index is 0.581. The van der Waals surface area contributed by atoms with E-state index < -0.39 is 0 Å². The molecule has 0 bridgehead atoms. The Labute approximate surface area is 130 Å². The topological polar surface area (TPSA) is 52.2 Å². The zero-order chi connectivity index (χ0) is 15.1. The molecule has 114 valence electrons. The molecule has 4 nitrogen and oxygen atoms in total. The first-order valence-corrected chi connectivity index (χ1v) is 8.55. The van der Waals surface area contributed by atoms with Gasteiger partial charge in [0.15, 0.2) is 5.96 Å². The summed E-state index contributed by atoms with van der Waals surface area (Å²) in [7, 11) is 1.81. The van der Waals surface area contributed by atoms with Gasteiger partial charge in [-0.15, -0.1) is 0 Å². The molecule has 21 heavy (non-hydrogen) atoms. The smallest absolute Gasteiger partial charge is 0.191 e. The number of benzene rings is 1. The predicted molar refractivity (Wildman–Crippen MR) is 94.3 cm³/mol. The van der Waals surface area contributed by atoms with Crippen molar-refractivity contribution in [1.82, 2.24) is 15.6 Å². The number of guanidine groups is 1. The number of aliphatic imine (C=N–C) groups is 1. The second-order valence-corrected chi connectivity index (χ2v) is 6.31. The van der Waals surface area contributed by atoms with E-state index in [1.54, 1.807) is 0 Å². The lowest BCUT2D eigenvalue weighted by Gasteiger charge is -2.14. The second kappa shape index (κ2) is 7.98. The normalized spacial score (nSPS) is 13.4. The molecule has 0 aliphatic rings. The van der Waals surface area contributed by atoms with E-state index in [1.807, 2.05) is 18.8 Å². The number of H-pyrrole nitrogens is 1. The fourth-order valence-corrected chi connectivity index (χ4v) is 2.45. The number of hydrogen-bond donors (Lipinski definition) is 3. The van der Waals surface area contributed by atoms with Crippen LogP contribution in [0.3, 0.4) is 0 Å². The monoisotopic (exact) mass is 304 g/mol. The van der Waals surface area contributed by atoms with Gasteiger partial charge in [-0.2, -0.15) is 11.8 Å². The fourth-order valence-electron chi connectivity index (χ4n) is 2.20. The summed E-state index contributed by atoms with van der Waals surface area (Å²) in [6.07, 6.45) is 5.20. The van der Waals surface area contributed by atoms with Crippen molar-refractivity contribution in [2.45, 2.75) is 18.6 Å². The van der Waals surface area contributed by atoms with Crippen LogP contribution in [0.4, 0.5) is 0 Å². The van der Waals surface area contributed by atoms with Crippen LogP contribution in [0.5, 0.6) is 0 Å². The molecule has 0 spiro atoms. The molecule has 0 amide bonds. The summed E-state index contributed by atoms with van der Waals surface area (Å²) in [5.74, 6) is 0.871. The maximum Gasteiger partial charge on any atom is 0.191 e. The van der Waals surface area contributed by atoms with Gasteiger partial charge in [0, 0.05) is 42.5 Å². The summed E-state index contributed by atoms with van der Waals surface area (Å²) in [5, 5.41) is 8.60. The molecule has 0 aliphatic carbocycles. The maximum absolute atomic E-state index is 4.25. The summed E-state index contributed by atoms with van der Waals surface area (Å²) < 4.78 is 0. The third kappa shape index (κ3) is 4.43. The van der Waals surface area contributed by atoms with Crippen molar-refractivity contribution in [3.05, 3.63) is 36.0 Å². The summed E-state index contributed by atoms with van der Waals surface area (Å²) >= 11 is 1.85. The lowest BCUT2D eigenvalue weighted by atomic mass is 10.1. The molecule has 5 heteroatoms. The van der Waals surface area contributed by atoms with Gasteiger partial charge in [0.25, 0.3) is 0 Å². The van der Waals surface area contributed by atoms with Gasteiger partial charge >= 0.3 is 0 Å². The van der Waals surface area contributed by atoms with Crippen LogP contribution >= 0.6 is 11.8 Å². The SMILES string of the molecule is CN=C(NCCc1c[nH]c2ccccc12)NCC(C)SC. The number of hydrogen-bond acceptors (Lipinski definition) is 2. The first-order chi connectivity index (χ1) is 10.2. The second-order valence-electron chi connectivity index (χ2n) is 5.04. The van der Waals surface area contributed by atoms with Crippen molar-refractivity contribution in [3.8, 4) is 0 Å². The van der Waals surface area contributed by atoms with E-state index in [2.05, 4.69) is 64.3 Å². The number of thioether (sulfide) groups is 1. The van der Waals surface area contributed by atoms with Gasteiger partial charge in [-0.1, -0.05) is 25.1 Å². The van der Waals surface area contributed by atoms with Crippen molar-refractivity contribution >= 4 is 28.6 Å². The van der Waals surface area contributed by atoms with Crippen LogP contribution in [-0.4, -0.2) is 42.6 Å². The molecule has 1 aromatic carbocycles. The fraction of sp³-hybridized carbons (Fsp3) is 0.438. The number of rotatable bonds is 6. The van der Waals surface area contributed by atoms with Gasteiger partial charge < -0.3 is 15.6 Å². The van der Waals surface area contributed by atoms with Crippen LogP contribution in [0.1, 0.15) is 12.5 Å². The Morgan fingerprint density at radius 2 is 2.14 bits per heavy atom. The van der Waals surface area contributed by atoms with Crippen LogP contribution in [0.15, 0.2) is 35.5 Å². The Hall–Kier alpha value is -1.62. The van der Waals surface area contributed by atoms with Gasteiger partial charge in [0.1, 0.15) is 0 Å². The zero-order valence-electron chi connectivity index (χ0n) is 12.9. The van der Waals surface area contributed by atoms with E-state index in [9.17, 15) is 0 Å². The van der Waals surface area contributed by atoms with Gasteiger partial charge in [-0.3, -0.25) is 4.99 Å². The number of nitrogens with zero attached hydrogens (tertiary/aromatic N) is 1. The molecular formula is C16H24N4S. The standard InChI is InChI=1S/C16H24N4S/c1-12(21-3)10-20-16(17-2)18-9-8-13-11-19-15-7-5-4-6-14(13)15/h4-7,11-12,19H,8-10H2,1-3H3,(H2,17,18,20). The molecule has 0 saturated heterocycles. The summed E-state index contributed by atoms with van der Waals surface area (Å²) in [6, 6.07) is 8.40. The maximum atomic E-state index is 4.25. The molecule has 0 saturated carbocycles. The Bertz CT molecular complexity index is 591. The Morgan fingerprint density at radius 3 is 2.90 bits per heavy atom. The summed E-state index contributed by atoms with van der Waals surface area (Å²) in [6.45, 7) is 4.00. The van der Waals surface area contributed by atoms with E-state index in [0.717, 1.165) is 25.5 Å². The summed E-state index contributed by atoms with van der Waals surface area (Å²) in [5.41, 5.74) is 2.54. The zero-order valence-corrected chi connectivity index (χ0v) is 13.8. The van der Waals surface area contributed by atoms with Crippen LogP contribution in [0.25, 0.3) is 10.9 Å². The van der Waals surface area contributed by atoms with Crippen molar-refractivity contribution in [2.75, 3.05) is 26.4 Å². The van der Waals surface area contributed by atoms with E-state index in [4.69, 9.17) is 0 Å². The molecule has 1 aromatic heterocycles. The highest BCUT2D eigenvalue weighted by Crippen LogP contribution is 2.17. The van der Waals surface area contributed by atoms with Crippen LogP contribution in [0, 0.1) is 0 Å². The molecule has 1 atom stereocenters. The summed E-state index contributed by atoms with van der Waals surface area (Å²) in [4.78, 5) is 7.56. The van der Waals surface area contributed by atoms with E-state index in [1.165, 1.54) is 16.5 Å². The minimum absolute atomic E-state index is 0.581. The third-order valence-electron chi connectivity index (χ3n) is 3.54. The quantitative estimate of drug-likeness (QED) is 0.568. The van der Waals surface area contributed by atoms with Crippen LogP contribution in [0.2, 0.25) is 0 Å². The average molecular weight is 304 g/mol. The highest BCUT2D eigenvalue weighted by Gasteiger charge is 2.04. The number of aromatic amines is 1. The lowest BCUT2D eigenvalue weighted by molar-refractivity contribution is 0.783. The minimum Gasteiger partial charge on any atom is -0.361 e. The molecular weight excluding hydrogens is 280 g/mol. The Morgan fingerprint density at radius 1 is 1.33 bits per heavy atom. The molecule has 0 radical (unpaired) electrons.